The molecular formula is C19H21ClN2O6. The minimum atomic E-state index is -0.432. The second-order valence-corrected chi connectivity index (χ2v) is 6.56. The number of nitrogens with one attached hydrogen (secondary N) is 1. The van der Waals surface area contributed by atoms with E-state index in [9.17, 15) is 9.59 Å². The Morgan fingerprint density at radius 2 is 2.04 bits per heavy atom. The van der Waals surface area contributed by atoms with Gasteiger partial charge in [-0.05, 0) is 18.2 Å². The summed E-state index contributed by atoms with van der Waals surface area (Å²) in [7, 11) is 1.51. The van der Waals surface area contributed by atoms with E-state index >= 15 is 0 Å². The van der Waals surface area contributed by atoms with Gasteiger partial charge in [-0.15, -0.1) is 0 Å². The van der Waals surface area contributed by atoms with Gasteiger partial charge in [0.05, 0.1) is 31.9 Å². The van der Waals surface area contributed by atoms with E-state index in [1.54, 1.807) is 18.2 Å². The largest absolute Gasteiger partial charge is 0.495 e. The van der Waals surface area contributed by atoms with Crippen molar-refractivity contribution in [1.82, 2.24) is 4.90 Å². The first kappa shape index (κ1) is 20.2. The van der Waals surface area contributed by atoms with Gasteiger partial charge in [0.25, 0.3) is 5.91 Å². The van der Waals surface area contributed by atoms with E-state index in [2.05, 4.69) is 10.2 Å². The number of hydrogen-bond acceptors (Lipinski definition) is 7. The minimum absolute atomic E-state index is 0.0198. The molecule has 0 aliphatic carbocycles. The molecule has 0 atom stereocenters. The van der Waals surface area contributed by atoms with Crippen molar-refractivity contribution in [3.05, 3.63) is 51.5 Å². The lowest BCUT2D eigenvalue weighted by molar-refractivity contribution is -0.118. The summed E-state index contributed by atoms with van der Waals surface area (Å²) in [6.07, 6.45) is 1.23. The third-order valence-electron chi connectivity index (χ3n) is 4.13. The summed E-state index contributed by atoms with van der Waals surface area (Å²) in [5, 5.41) is 3.01. The van der Waals surface area contributed by atoms with Gasteiger partial charge in [0.15, 0.2) is 6.61 Å². The Balaban J connectivity index is 1.53. The van der Waals surface area contributed by atoms with Crippen molar-refractivity contribution in [2.75, 3.05) is 45.3 Å². The molecule has 0 bridgehead atoms. The maximum atomic E-state index is 12.2. The number of rotatable bonds is 7. The van der Waals surface area contributed by atoms with Gasteiger partial charge < -0.3 is 23.9 Å². The Morgan fingerprint density at radius 1 is 1.25 bits per heavy atom. The second kappa shape index (κ2) is 9.59. The molecule has 1 fully saturated rings. The standard InChI is InChI=1S/C19H21ClN2O6/c1-25-17-3-2-13(8-15(17)20)21-19(24)12-28-18-11-27-14(9-16(18)23)10-22-4-6-26-7-5-22/h2-3,8-9,11H,4-7,10,12H2,1H3,(H,21,24). The minimum Gasteiger partial charge on any atom is -0.495 e. The van der Waals surface area contributed by atoms with Crippen LogP contribution in [0.15, 0.2) is 39.7 Å². The van der Waals surface area contributed by atoms with E-state index in [-0.39, 0.29) is 17.8 Å². The molecule has 9 heteroatoms. The number of nitrogens with zero attached hydrogens (tertiary/aromatic N) is 1. The highest BCUT2D eigenvalue weighted by molar-refractivity contribution is 6.32. The quantitative estimate of drug-likeness (QED) is 0.750. The summed E-state index contributed by atoms with van der Waals surface area (Å²) in [5.41, 5.74) is 0.155. The fourth-order valence-corrected chi connectivity index (χ4v) is 2.95. The Kier molecular flexibility index (Phi) is 6.91. The van der Waals surface area contributed by atoms with Gasteiger partial charge in [-0.2, -0.15) is 0 Å². The molecule has 0 spiro atoms. The van der Waals surface area contributed by atoms with Crippen molar-refractivity contribution in [1.29, 1.82) is 0 Å². The molecule has 1 aromatic carbocycles. The summed E-state index contributed by atoms with van der Waals surface area (Å²) in [5.74, 6) is 0.592. The highest BCUT2D eigenvalue weighted by Crippen LogP contribution is 2.27. The highest BCUT2D eigenvalue weighted by atomic mass is 35.5. The summed E-state index contributed by atoms with van der Waals surface area (Å²) in [6, 6.07) is 6.23. The van der Waals surface area contributed by atoms with E-state index in [0.717, 1.165) is 13.1 Å². The zero-order valence-electron chi connectivity index (χ0n) is 15.4. The first-order chi connectivity index (χ1) is 13.5. The van der Waals surface area contributed by atoms with E-state index in [4.69, 9.17) is 30.2 Å². The maximum absolute atomic E-state index is 12.2. The molecule has 0 unspecified atom stereocenters. The fraction of sp³-hybridized carbons (Fsp3) is 0.368. The molecular weight excluding hydrogens is 388 g/mol. The molecule has 3 rings (SSSR count). The van der Waals surface area contributed by atoms with Gasteiger partial charge in [0, 0.05) is 24.8 Å². The number of benzene rings is 1. The van der Waals surface area contributed by atoms with Crippen LogP contribution >= 0.6 is 11.6 Å². The van der Waals surface area contributed by atoms with Crippen LogP contribution in [0.5, 0.6) is 11.5 Å². The lowest BCUT2D eigenvalue weighted by Crippen LogP contribution is -2.35. The van der Waals surface area contributed by atoms with Gasteiger partial charge in [0.2, 0.25) is 11.2 Å². The molecule has 150 valence electrons. The van der Waals surface area contributed by atoms with Crippen molar-refractivity contribution < 1.29 is 23.4 Å². The number of amides is 1. The Bertz CT molecular complexity index is 879. The lowest BCUT2D eigenvalue weighted by atomic mass is 10.3. The third-order valence-corrected chi connectivity index (χ3v) is 4.43. The van der Waals surface area contributed by atoms with Crippen LogP contribution < -0.4 is 20.2 Å². The summed E-state index contributed by atoms with van der Waals surface area (Å²) in [4.78, 5) is 26.3. The molecule has 2 aromatic rings. The lowest BCUT2D eigenvalue weighted by Gasteiger charge is -2.25. The van der Waals surface area contributed by atoms with Crippen LogP contribution in [0, 0.1) is 0 Å². The molecule has 1 aromatic heterocycles. The van der Waals surface area contributed by atoms with E-state index in [1.165, 1.54) is 19.4 Å². The molecule has 1 N–H and O–H groups in total. The van der Waals surface area contributed by atoms with E-state index in [0.29, 0.717) is 42.0 Å². The summed E-state index contributed by atoms with van der Waals surface area (Å²) < 4.78 is 21.1. The molecule has 0 radical (unpaired) electrons. The maximum Gasteiger partial charge on any atom is 0.262 e. The summed E-state index contributed by atoms with van der Waals surface area (Å²) in [6.45, 7) is 3.10. The van der Waals surface area contributed by atoms with Crippen molar-refractivity contribution in [3.63, 3.8) is 0 Å². The fourth-order valence-electron chi connectivity index (χ4n) is 2.69. The van der Waals surface area contributed by atoms with Gasteiger partial charge in [-0.3, -0.25) is 14.5 Å². The number of halogens is 1. The number of ether oxygens (including phenoxy) is 3. The first-order valence-electron chi connectivity index (χ1n) is 8.73. The molecule has 1 aliphatic heterocycles. The second-order valence-electron chi connectivity index (χ2n) is 6.15. The first-order valence-corrected chi connectivity index (χ1v) is 9.11. The van der Waals surface area contributed by atoms with Gasteiger partial charge in [0.1, 0.15) is 17.8 Å². The normalized spacial score (nSPS) is 14.5. The molecule has 1 amide bonds. The number of methoxy groups -OCH3 is 1. The zero-order valence-corrected chi connectivity index (χ0v) is 16.2. The number of hydrogen-bond donors (Lipinski definition) is 1. The monoisotopic (exact) mass is 408 g/mol. The Morgan fingerprint density at radius 3 is 2.71 bits per heavy atom. The molecule has 8 nitrogen and oxygen atoms in total. The van der Waals surface area contributed by atoms with Crippen molar-refractivity contribution >= 4 is 23.2 Å². The average molecular weight is 409 g/mol. The molecule has 2 heterocycles. The molecule has 1 saturated heterocycles. The number of morpholine rings is 1. The van der Waals surface area contributed by atoms with Crippen LogP contribution in [0.3, 0.4) is 0 Å². The van der Waals surface area contributed by atoms with Crippen LogP contribution in [0.25, 0.3) is 0 Å². The van der Waals surface area contributed by atoms with Gasteiger partial charge in [-0.25, -0.2) is 0 Å². The van der Waals surface area contributed by atoms with Crippen molar-refractivity contribution in [3.8, 4) is 11.5 Å². The van der Waals surface area contributed by atoms with Gasteiger partial charge in [-0.1, -0.05) is 11.6 Å². The predicted molar refractivity (Wildman–Crippen MR) is 103 cm³/mol. The predicted octanol–water partition coefficient (Wildman–Crippen LogP) is 2.15. The van der Waals surface area contributed by atoms with Crippen LogP contribution in [-0.4, -0.2) is 50.8 Å². The molecule has 28 heavy (non-hydrogen) atoms. The molecule has 0 saturated carbocycles. The zero-order chi connectivity index (χ0) is 19.9. The topological polar surface area (TPSA) is 90.2 Å². The molecule has 1 aliphatic rings. The Hall–Kier alpha value is -2.55. The number of carbonyl (C=O) groups is 1. The smallest absolute Gasteiger partial charge is 0.262 e. The number of carbonyl (C=O) groups excluding carboxylic acids is 1. The van der Waals surface area contributed by atoms with Crippen molar-refractivity contribution in [2.45, 2.75) is 6.54 Å². The van der Waals surface area contributed by atoms with Crippen LogP contribution in [0.2, 0.25) is 5.02 Å². The van der Waals surface area contributed by atoms with E-state index in [1.807, 2.05) is 0 Å². The van der Waals surface area contributed by atoms with Crippen molar-refractivity contribution in [2.24, 2.45) is 0 Å². The SMILES string of the molecule is COc1ccc(NC(=O)COc2coc(CN3CCOCC3)cc2=O)cc1Cl. The Labute approximate surface area is 166 Å². The highest BCUT2D eigenvalue weighted by Gasteiger charge is 2.14. The summed E-state index contributed by atoms with van der Waals surface area (Å²) >= 11 is 6.02. The average Bonchev–Trinajstić information content (AvgIpc) is 2.68. The van der Waals surface area contributed by atoms with Crippen LogP contribution in [-0.2, 0) is 16.1 Å². The van der Waals surface area contributed by atoms with E-state index < -0.39 is 5.91 Å². The third kappa shape index (κ3) is 5.48. The number of anilines is 1. The van der Waals surface area contributed by atoms with Gasteiger partial charge >= 0.3 is 0 Å². The van der Waals surface area contributed by atoms with Crippen LogP contribution in [0.4, 0.5) is 5.69 Å². The van der Waals surface area contributed by atoms with Crippen LogP contribution in [0.1, 0.15) is 5.76 Å².